The smallest absolute Gasteiger partial charge is 0.302 e. The van der Waals surface area contributed by atoms with Crippen molar-refractivity contribution in [2.75, 3.05) is 13.7 Å². The summed E-state index contributed by atoms with van der Waals surface area (Å²) in [6, 6.07) is 0. The summed E-state index contributed by atoms with van der Waals surface area (Å²) in [5.41, 5.74) is 0. The van der Waals surface area contributed by atoms with Crippen LogP contribution in [0.25, 0.3) is 0 Å². The van der Waals surface area contributed by atoms with Gasteiger partial charge in [-0.1, -0.05) is 0 Å². The number of ether oxygens (including phenoxy) is 4. The van der Waals surface area contributed by atoms with E-state index in [-0.39, 0.29) is 36.4 Å². The molecule has 2 aliphatic carbocycles. The maximum Gasteiger partial charge on any atom is 0.302 e. The minimum atomic E-state index is -0.216. The van der Waals surface area contributed by atoms with E-state index < -0.39 is 0 Å². The highest BCUT2D eigenvalue weighted by molar-refractivity contribution is 5.66. The highest BCUT2D eigenvalue weighted by Crippen LogP contribution is 2.26. The molecule has 4 unspecified atom stereocenters. The van der Waals surface area contributed by atoms with E-state index in [1.54, 1.807) is 7.11 Å². The van der Waals surface area contributed by atoms with Crippen molar-refractivity contribution in [1.29, 1.82) is 0 Å². The second kappa shape index (κ2) is 9.00. The van der Waals surface area contributed by atoms with Crippen molar-refractivity contribution in [3.8, 4) is 0 Å². The molecule has 0 bridgehead atoms. The Balaban J connectivity index is 0.000000211. The predicted molar refractivity (Wildman–Crippen MR) is 75.8 cm³/mol. The Morgan fingerprint density at radius 3 is 1.57 bits per heavy atom. The Morgan fingerprint density at radius 1 is 0.857 bits per heavy atom. The lowest BCUT2D eigenvalue weighted by molar-refractivity contribution is -0.167. The summed E-state index contributed by atoms with van der Waals surface area (Å²) in [4.78, 5) is 20.9. The molecule has 2 rings (SSSR count). The fourth-order valence-electron chi connectivity index (χ4n) is 2.25. The van der Waals surface area contributed by atoms with Gasteiger partial charge in [-0.2, -0.15) is 0 Å². The molecule has 0 saturated heterocycles. The molecule has 0 spiro atoms. The molecular weight excluding hydrogens is 276 g/mol. The summed E-state index contributed by atoms with van der Waals surface area (Å²) in [5.74, 6) is -0.425. The van der Waals surface area contributed by atoms with Gasteiger partial charge in [-0.3, -0.25) is 9.59 Å². The molecule has 0 radical (unpaired) electrons. The highest BCUT2D eigenvalue weighted by Gasteiger charge is 2.34. The van der Waals surface area contributed by atoms with Crippen LogP contribution in [0.15, 0.2) is 0 Å². The number of hydrogen-bond acceptors (Lipinski definition) is 6. The van der Waals surface area contributed by atoms with Crippen LogP contribution >= 0.6 is 0 Å². The SMILES string of the molecule is CCOC1CCC1OC(C)=O.COC1CCC1OC(C)=O. The maximum atomic E-state index is 10.5. The Labute approximate surface area is 126 Å². The number of esters is 2. The normalized spacial score (nSPS) is 30.1. The molecule has 6 nitrogen and oxygen atoms in total. The van der Waals surface area contributed by atoms with Crippen LogP contribution in [0.1, 0.15) is 46.5 Å². The van der Waals surface area contributed by atoms with Crippen molar-refractivity contribution in [1.82, 2.24) is 0 Å². The van der Waals surface area contributed by atoms with Gasteiger partial charge < -0.3 is 18.9 Å². The van der Waals surface area contributed by atoms with Gasteiger partial charge in [0.25, 0.3) is 0 Å². The van der Waals surface area contributed by atoms with E-state index in [0.29, 0.717) is 6.61 Å². The van der Waals surface area contributed by atoms with E-state index in [4.69, 9.17) is 18.9 Å². The van der Waals surface area contributed by atoms with E-state index in [2.05, 4.69) is 0 Å². The monoisotopic (exact) mass is 302 g/mol. The van der Waals surface area contributed by atoms with Crippen LogP contribution in [0.5, 0.6) is 0 Å². The van der Waals surface area contributed by atoms with Crippen molar-refractivity contribution < 1.29 is 28.5 Å². The largest absolute Gasteiger partial charge is 0.460 e. The molecule has 0 N–H and O–H groups in total. The van der Waals surface area contributed by atoms with E-state index in [1.807, 2.05) is 6.92 Å². The molecule has 0 aromatic carbocycles. The summed E-state index contributed by atoms with van der Waals surface area (Å²) < 4.78 is 20.2. The number of hydrogen-bond donors (Lipinski definition) is 0. The summed E-state index contributed by atoms with van der Waals surface area (Å²) in [5, 5.41) is 0. The summed E-state index contributed by atoms with van der Waals surface area (Å²) in [7, 11) is 1.64. The molecule has 21 heavy (non-hydrogen) atoms. The van der Waals surface area contributed by atoms with Gasteiger partial charge >= 0.3 is 11.9 Å². The first-order valence-corrected chi connectivity index (χ1v) is 7.46. The molecule has 0 heterocycles. The van der Waals surface area contributed by atoms with Crippen LogP contribution in [0.3, 0.4) is 0 Å². The second-order valence-electron chi connectivity index (χ2n) is 5.22. The topological polar surface area (TPSA) is 71.1 Å². The summed E-state index contributed by atoms with van der Waals surface area (Å²) >= 11 is 0. The van der Waals surface area contributed by atoms with Gasteiger partial charge in [0, 0.05) is 27.6 Å². The number of carbonyl (C=O) groups excluding carboxylic acids is 2. The predicted octanol–water partition coefficient (Wildman–Crippen LogP) is 1.84. The Bertz CT molecular complexity index is 341. The zero-order chi connectivity index (χ0) is 15.8. The van der Waals surface area contributed by atoms with Crippen LogP contribution in [-0.2, 0) is 28.5 Å². The van der Waals surface area contributed by atoms with Crippen molar-refractivity contribution in [2.45, 2.75) is 70.9 Å². The number of methoxy groups -OCH3 is 1. The third-order valence-electron chi connectivity index (χ3n) is 3.62. The molecule has 0 aromatic heterocycles. The minimum absolute atomic E-state index is 0.0162. The van der Waals surface area contributed by atoms with Crippen molar-refractivity contribution in [3.63, 3.8) is 0 Å². The number of rotatable bonds is 5. The standard InChI is InChI=1S/C8H14O3.C7H12O3/c1-3-10-7-4-5-8(7)11-6(2)9;1-5(8)10-7-4-3-6(7)9-2/h7-8H,3-5H2,1-2H3;6-7H,3-4H2,1-2H3. The van der Waals surface area contributed by atoms with Crippen LogP contribution < -0.4 is 0 Å². The van der Waals surface area contributed by atoms with Crippen LogP contribution in [0.2, 0.25) is 0 Å². The van der Waals surface area contributed by atoms with E-state index >= 15 is 0 Å². The maximum absolute atomic E-state index is 10.5. The fraction of sp³-hybridized carbons (Fsp3) is 0.867. The van der Waals surface area contributed by atoms with E-state index in [0.717, 1.165) is 25.7 Å². The second-order valence-corrected chi connectivity index (χ2v) is 5.22. The lowest BCUT2D eigenvalue weighted by Gasteiger charge is -2.34. The molecule has 2 aliphatic rings. The summed E-state index contributed by atoms with van der Waals surface area (Å²) in [6.45, 7) is 5.50. The van der Waals surface area contributed by atoms with Gasteiger partial charge in [-0.25, -0.2) is 0 Å². The van der Waals surface area contributed by atoms with Crippen LogP contribution in [-0.4, -0.2) is 50.1 Å². The first kappa shape index (κ1) is 17.9. The van der Waals surface area contributed by atoms with Gasteiger partial charge in [0.2, 0.25) is 0 Å². The van der Waals surface area contributed by atoms with Crippen molar-refractivity contribution in [2.24, 2.45) is 0 Å². The van der Waals surface area contributed by atoms with Crippen molar-refractivity contribution in [3.05, 3.63) is 0 Å². The molecule has 0 aliphatic heterocycles. The molecule has 0 amide bonds. The van der Waals surface area contributed by atoms with E-state index in [1.165, 1.54) is 13.8 Å². The third-order valence-corrected chi connectivity index (χ3v) is 3.62. The lowest BCUT2D eigenvalue weighted by atomic mass is 9.92. The molecule has 122 valence electrons. The highest BCUT2D eigenvalue weighted by atomic mass is 16.6. The first-order valence-electron chi connectivity index (χ1n) is 7.46. The van der Waals surface area contributed by atoms with Gasteiger partial charge in [0.05, 0.1) is 12.2 Å². The van der Waals surface area contributed by atoms with Gasteiger partial charge in [-0.05, 0) is 32.6 Å². The molecular formula is C15H26O6. The molecule has 4 atom stereocenters. The van der Waals surface area contributed by atoms with Crippen LogP contribution in [0.4, 0.5) is 0 Å². The fourth-order valence-corrected chi connectivity index (χ4v) is 2.25. The molecule has 0 aromatic rings. The third kappa shape index (κ3) is 6.01. The van der Waals surface area contributed by atoms with Crippen LogP contribution in [0, 0.1) is 0 Å². The minimum Gasteiger partial charge on any atom is -0.460 e. The average molecular weight is 302 g/mol. The Hall–Kier alpha value is -1.14. The molecule has 2 saturated carbocycles. The lowest BCUT2D eigenvalue weighted by Crippen LogP contribution is -2.42. The Morgan fingerprint density at radius 2 is 1.29 bits per heavy atom. The zero-order valence-electron chi connectivity index (χ0n) is 13.3. The summed E-state index contributed by atoms with van der Waals surface area (Å²) in [6.07, 6.45) is 4.26. The zero-order valence-corrected chi connectivity index (χ0v) is 13.3. The molecule has 6 heteroatoms. The van der Waals surface area contributed by atoms with Gasteiger partial charge in [-0.15, -0.1) is 0 Å². The van der Waals surface area contributed by atoms with Crippen molar-refractivity contribution >= 4 is 11.9 Å². The van der Waals surface area contributed by atoms with E-state index in [9.17, 15) is 9.59 Å². The number of carbonyl (C=O) groups is 2. The average Bonchev–Trinajstić information content (AvgIpc) is 2.38. The first-order chi connectivity index (χ1) is 9.97. The van der Waals surface area contributed by atoms with Gasteiger partial charge in [0.1, 0.15) is 12.2 Å². The Kier molecular flexibility index (Phi) is 7.67. The van der Waals surface area contributed by atoms with Gasteiger partial charge in [0.15, 0.2) is 0 Å². The quantitative estimate of drug-likeness (QED) is 0.722. The molecule has 2 fully saturated rings.